The van der Waals surface area contributed by atoms with Crippen LogP contribution in [0.15, 0.2) is 61.1 Å². The van der Waals surface area contributed by atoms with Gasteiger partial charge < -0.3 is 10.6 Å². The van der Waals surface area contributed by atoms with Crippen LogP contribution in [0.3, 0.4) is 0 Å². The minimum Gasteiger partial charge on any atom is -0.368 e. The molecule has 0 saturated carbocycles. The fourth-order valence-corrected chi connectivity index (χ4v) is 5.47. The van der Waals surface area contributed by atoms with E-state index < -0.39 is 34.7 Å². The van der Waals surface area contributed by atoms with Gasteiger partial charge in [-0.05, 0) is 23.3 Å². The van der Waals surface area contributed by atoms with Crippen molar-refractivity contribution >= 4 is 34.4 Å². The molecule has 4 atom stereocenters. The lowest BCUT2D eigenvalue weighted by Crippen LogP contribution is -2.49. The highest BCUT2D eigenvalue weighted by Gasteiger charge is 2.66. The molecule has 0 aliphatic carbocycles. The first-order chi connectivity index (χ1) is 16.2. The number of carbonyl (C=O) groups excluding carboxylic acids is 2. The normalized spacial score (nSPS) is 25.5. The number of fused-ring (bicyclic) bond motifs is 5. The molecule has 2 aromatic heterocycles. The molecule has 0 spiro atoms. The number of nitrogens with two attached hydrogens (primary N) is 1. The summed E-state index contributed by atoms with van der Waals surface area (Å²) in [5.74, 6) is -1.65. The molecule has 2 N–H and O–H groups in total. The summed E-state index contributed by atoms with van der Waals surface area (Å²) in [6.45, 7) is 5.55. The first-order valence-electron chi connectivity index (χ1n) is 11.2. The summed E-state index contributed by atoms with van der Waals surface area (Å²) in [5.41, 5.74) is 6.54. The number of aromatic nitrogens is 2. The molecular formula is C27H25N5O2. The topological polar surface area (TPSA) is 113 Å². The number of hydrogen-bond acceptors (Lipinski definition) is 6. The number of primary amides is 1. The number of pyridine rings is 2. The van der Waals surface area contributed by atoms with Crippen molar-refractivity contribution in [3.8, 4) is 6.07 Å². The van der Waals surface area contributed by atoms with Crippen LogP contribution in [0.2, 0.25) is 0 Å². The number of nitriles is 1. The highest BCUT2D eigenvalue weighted by atomic mass is 16.1. The van der Waals surface area contributed by atoms with Crippen molar-refractivity contribution in [2.75, 3.05) is 4.90 Å². The third-order valence-electron chi connectivity index (χ3n) is 7.01. The fraction of sp³-hybridized carbons (Fsp3) is 0.296. The van der Waals surface area contributed by atoms with E-state index in [-0.39, 0.29) is 5.78 Å². The second-order valence-corrected chi connectivity index (χ2v) is 9.96. The first-order valence-corrected chi connectivity index (χ1v) is 11.2. The highest BCUT2D eigenvalue weighted by Crippen LogP contribution is 2.57. The molecule has 1 aromatic carbocycles. The Kier molecular flexibility index (Phi) is 4.80. The molecule has 1 fully saturated rings. The Morgan fingerprint density at radius 2 is 1.91 bits per heavy atom. The summed E-state index contributed by atoms with van der Waals surface area (Å²) in [7, 11) is 0. The van der Waals surface area contributed by atoms with E-state index in [4.69, 9.17) is 5.73 Å². The molecule has 3 aromatic rings. The molecule has 5 rings (SSSR count). The highest BCUT2D eigenvalue weighted by molar-refractivity contribution is 6.04. The molecule has 1 amide bonds. The lowest BCUT2D eigenvalue weighted by molar-refractivity contribution is -0.128. The Balaban J connectivity index is 1.89. The van der Waals surface area contributed by atoms with Gasteiger partial charge in [0.25, 0.3) is 0 Å². The monoisotopic (exact) mass is 451 g/mol. The number of carbonyl (C=O) groups is 2. The Hall–Kier alpha value is -4.05. The van der Waals surface area contributed by atoms with Gasteiger partial charge in [-0.15, -0.1) is 0 Å². The predicted molar refractivity (Wildman–Crippen MR) is 130 cm³/mol. The number of amides is 1. The predicted octanol–water partition coefficient (Wildman–Crippen LogP) is 3.61. The third kappa shape index (κ3) is 2.88. The lowest BCUT2D eigenvalue weighted by Gasteiger charge is -2.38. The van der Waals surface area contributed by atoms with Crippen molar-refractivity contribution in [3.05, 3.63) is 72.2 Å². The molecule has 7 nitrogen and oxygen atoms in total. The maximum absolute atomic E-state index is 14.1. The number of rotatable bonds is 3. The standard InChI is InChI=1S/C27H25N5O2/c1-26(2,3)24(33)23-20(18-7-4-12-30-14-18)27(15-28,25(29)34)19-11-10-17-9-8-16-6-5-13-31-21(16)22(17)32(19)23/h4-14,19-20,23H,1-3H3,(H2,29,34)/t19-,20-,23+,27+/m1/s1. The van der Waals surface area contributed by atoms with E-state index in [1.54, 1.807) is 30.7 Å². The Morgan fingerprint density at radius 3 is 2.56 bits per heavy atom. The van der Waals surface area contributed by atoms with Crippen LogP contribution in [0.5, 0.6) is 0 Å². The van der Waals surface area contributed by atoms with E-state index in [0.29, 0.717) is 11.1 Å². The first kappa shape index (κ1) is 21.8. The average Bonchev–Trinajstić information content (AvgIpc) is 3.14. The van der Waals surface area contributed by atoms with Crippen molar-refractivity contribution in [2.45, 2.75) is 38.8 Å². The lowest BCUT2D eigenvalue weighted by atomic mass is 9.66. The largest absolute Gasteiger partial charge is 0.368 e. The zero-order valence-electron chi connectivity index (χ0n) is 19.3. The molecule has 1 saturated heterocycles. The number of nitrogens with zero attached hydrogens (tertiary/aromatic N) is 4. The summed E-state index contributed by atoms with van der Waals surface area (Å²) in [4.78, 5) is 38.1. The summed E-state index contributed by atoms with van der Waals surface area (Å²) < 4.78 is 0. The van der Waals surface area contributed by atoms with Crippen LogP contribution in [0.25, 0.3) is 17.0 Å². The minimum atomic E-state index is -1.68. The van der Waals surface area contributed by atoms with Crippen LogP contribution >= 0.6 is 0 Å². The summed E-state index contributed by atoms with van der Waals surface area (Å²) in [6, 6.07) is 12.0. The van der Waals surface area contributed by atoms with Crippen molar-refractivity contribution in [1.82, 2.24) is 9.97 Å². The Morgan fingerprint density at radius 1 is 1.15 bits per heavy atom. The van der Waals surface area contributed by atoms with Crippen LogP contribution in [-0.2, 0) is 9.59 Å². The zero-order valence-corrected chi connectivity index (χ0v) is 19.3. The van der Waals surface area contributed by atoms with Gasteiger partial charge >= 0.3 is 0 Å². The molecule has 170 valence electrons. The molecule has 4 heterocycles. The van der Waals surface area contributed by atoms with E-state index >= 15 is 0 Å². The van der Waals surface area contributed by atoms with Gasteiger partial charge in [0.15, 0.2) is 11.2 Å². The summed E-state index contributed by atoms with van der Waals surface area (Å²) >= 11 is 0. The SMILES string of the molecule is CC(C)(C)C(=O)[C@@H]1[C@@H](c2cccnc2)[C@@](C#N)(C(N)=O)[C@H]2C=Cc3ccc4cccnc4c3N12. The molecule has 2 aliphatic heterocycles. The second-order valence-electron chi connectivity index (χ2n) is 9.96. The van der Waals surface area contributed by atoms with Crippen molar-refractivity contribution < 1.29 is 9.59 Å². The van der Waals surface area contributed by atoms with Crippen LogP contribution in [0, 0.1) is 22.2 Å². The molecule has 0 unspecified atom stereocenters. The van der Waals surface area contributed by atoms with Gasteiger partial charge in [-0.1, -0.05) is 57.2 Å². The quantitative estimate of drug-likeness (QED) is 0.651. The number of Topliss-reactive ketones (excluding diaryl/α,β-unsaturated/α-hetero) is 1. The smallest absolute Gasteiger partial charge is 0.241 e. The molecule has 0 bridgehead atoms. The Labute approximate surface area is 197 Å². The molecule has 7 heteroatoms. The van der Waals surface area contributed by atoms with Crippen molar-refractivity contribution in [2.24, 2.45) is 16.6 Å². The summed E-state index contributed by atoms with van der Waals surface area (Å²) in [5, 5.41) is 11.5. The Bertz CT molecular complexity index is 1390. The van der Waals surface area contributed by atoms with E-state index in [9.17, 15) is 14.9 Å². The van der Waals surface area contributed by atoms with Gasteiger partial charge in [0.1, 0.15) is 0 Å². The van der Waals surface area contributed by atoms with E-state index in [1.807, 2.05) is 62.1 Å². The van der Waals surface area contributed by atoms with Gasteiger partial charge in [-0.25, -0.2) is 0 Å². The number of anilines is 1. The van der Waals surface area contributed by atoms with E-state index in [1.165, 1.54) is 0 Å². The van der Waals surface area contributed by atoms with Crippen molar-refractivity contribution in [1.29, 1.82) is 5.26 Å². The van der Waals surface area contributed by atoms with Crippen LogP contribution in [0.4, 0.5) is 5.69 Å². The van der Waals surface area contributed by atoms with Crippen LogP contribution in [0.1, 0.15) is 37.8 Å². The maximum atomic E-state index is 14.1. The second kappa shape index (κ2) is 7.49. The number of ketones is 1. The number of benzene rings is 1. The van der Waals surface area contributed by atoms with Gasteiger partial charge in [-0.3, -0.25) is 19.6 Å². The van der Waals surface area contributed by atoms with Gasteiger partial charge in [0.2, 0.25) is 5.91 Å². The fourth-order valence-electron chi connectivity index (χ4n) is 5.47. The van der Waals surface area contributed by atoms with Crippen LogP contribution < -0.4 is 10.6 Å². The number of hydrogen-bond donors (Lipinski definition) is 1. The molecule has 0 radical (unpaired) electrons. The minimum absolute atomic E-state index is 0.0843. The van der Waals surface area contributed by atoms with E-state index in [2.05, 4.69) is 16.0 Å². The van der Waals surface area contributed by atoms with Gasteiger partial charge in [-0.2, -0.15) is 5.26 Å². The summed E-state index contributed by atoms with van der Waals surface area (Å²) in [6.07, 6.45) is 8.66. The zero-order chi connectivity index (χ0) is 24.3. The van der Waals surface area contributed by atoms with E-state index in [0.717, 1.165) is 16.6 Å². The van der Waals surface area contributed by atoms with Crippen LogP contribution in [-0.4, -0.2) is 33.7 Å². The van der Waals surface area contributed by atoms with Crippen molar-refractivity contribution in [3.63, 3.8) is 0 Å². The maximum Gasteiger partial charge on any atom is 0.241 e. The average molecular weight is 452 g/mol. The van der Waals surface area contributed by atoms with Gasteiger partial charge in [0, 0.05) is 35.3 Å². The van der Waals surface area contributed by atoms with Gasteiger partial charge in [0.05, 0.1) is 29.4 Å². The molecular weight excluding hydrogens is 426 g/mol. The third-order valence-corrected chi connectivity index (χ3v) is 7.01. The molecule has 2 aliphatic rings. The molecule has 34 heavy (non-hydrogen) atoms.